The molecule has 19 aromatic carbocycles. The normalized spacial score (nSPS) is 12.1. The molecule has 0 saturated carbocycles. The van der Waals surface area contributed by atoms with E-state index >= 15 is 0 Å². The van der Waals surface area contributed by atoms with Crippen molar-refractivity contribution in [1.29, 1.82) is 0 Å². The largest absolute Gasteiger partial charge is 0.293 e. The molecule has 0 spiro atoms. The average molecular weight is 1860 g/mol. The zero-order chi connectivity index (χ0) is 92.9. The lowest BCUT2D eigenvalue weighted by Crippen LogP contribution is -2.04. The molecule has 0 amide bonds. The van der Waals surface area contributed by atoms with E-state index in [1.165, 1.54) is 141 Å². The van der Waals surface area contributed by atoms with Crippen LogP contribution in [0.3, 0.4) is 0 Å². The Morgan fingerprint density at radius 2 is 0.563 bits per heavy atom. The minimum absolute atomic E-state index is 0.665. The van der Waals surface area contributed by atoms with Gasteiger partial charge in [-0.25, -0.2) is 24.9 Å². The smallest absolute Gasteiger partial charge is 0.235 e. The minimum Gasteiger partial charge on any atom is -0.293 e. The number of nitrogens with zero attached hydrogens (tertiary/aromatic N) is 12. The number of pyridine rings is 5. The minimum atomic E-state index is 0.665. The lowest BCUT2D eigenvalue weighted by molar-refractivity contribution is 1.02. The molecule has 0 N–H and O–H groups in total. The van der Waals surface area contributed by atoms with Crippen LogP contribution >= 0.6 is 34.0 Å². The standard InChI is InChI=1S/C45H26N4S.C43H24N4S.C39H22N4S/c1-3-11-27(12-4-1)29-22-24-47-42-31(29)19-20-32-35(28-13-5-2-6-14-28)25-39(48-43(32)42)49-37-17-9-7-15-33(37)40-30-21-23-46-26-36(30)45-41(44(40)49)34-16-8-10-18-38(34)50-45;1-2-12-25(13-3-1)39-37-28-16-6-4-14-26(28)27-15-5-7-17-30(27)40(37)46-43(45-39)47-34-20-10-8-18-31(34)36-29-22-23-44-24-33(29)42-38(41(36)47)32-19-9-11-21-35(32)48-42;1-2-11-24(12-3-1)35-29-19-18-23-10-4-5-13-25(23)36(29)42-39(41-35)43-31-16-8-6-14-27(31)33-26-20-21-40-22-30(26)38-34(37(33)43)28-15-7-9-17-32(28)44-38/h1-26H;1-24H;1-22H. The lowest BCUT2D eigenvalue weighted by Gasteiger charge is -2.16. The highest BCUT2D eigenvalue weighted by atomic mass is 32.1. The highest BCUT2D eigenvalue weighted by Crippen LogP contribution is 2.54. The van der Waals surface area contributed by atoms with Crippen molar-refractivity contribution < 1.29 is 0 Å². The lowest BCUT2D eigenvalue weighted by atomic mass is 9.94. The van der Waals surface area contributed by atoms with Gasteiger partial charge in [0.25, 0.3) is 0 Å². The van der Waals surface area contributed by atoms with Gasteiger partial charge >= 0.3 is 0 Å². The number of rotatable bonds is 7. The summed E-state index contributed by atoms with van der Waals surface area (Å²) < 4.78 is 14.5. The predicted octanol–water partition coefficient (Wildman–Crippen LogP) is 34.2. The first-order chi connectivity index (χ1) is 70.5. The second-order valence-corrected chi connectivity index (χ2v) is 39.5. The van der Waals surface area contributed by atoms with E-state index in [2.05, 4.69) is 423 Å². The SMILES string of the molecule is c1ccc(-c2ccnc3c2ccc2c(-c4ccccc4)cc(-n4c5ccccc5c5c6ccncc6c6sc7ccccc7c6c54)nc23)cc1.c1ccc(-c2nc(-n3c4ccccc4c4c5ccncc5c5sc6ccccc6c5c43)nc3c2ccc2ccccc23)cc1.c1ccc(-c2nc(-n3c4ccccc4c4c5ccncc5c5sc6ccccc6c5c43)nc3c4ccccc4c4ccccc4c23)cc1. The Hall–Kier alpha value is -18.3. The van der Waals surface area contributed by atoms with Gasteiger partial charge in [0, 0.05) is 196 Å². The highest BCUT2D eigenvalue weighted by molar-refractivity contribution is 7.28. The van der Waals surface area contributed by atoms with Crippen LogP contribution in [0.25, 0.3) is 297 Å². The second-order valence-electron chi connectivity index (χ2n) is 36.3. The van der Waals surface area contributed by atoms with Crippen molar-refractivity contribution in [1.82, 2.24) is 58.6 Å². The average Bonchev–Trinajstić information content (AvgIpc) is 1.55. The molecule has 0 aliphatic carbocycles. The molecule has 0 atom stereocenters. The maximum Gasteiger partial charge on any atom is 0.235 e. The van der Waals surface area contributed by atoms with E-state index in [0.29, 0.717) is 11.9 Å². The van der Waals surface area contributed by atoms with Gasteiger partial charge in [-0.3, -0.25) is 33.6 Å². The third kappa shape index (κ3) is 11.9. The first-order valence-corrected chi connectivity index (χ1v) is 50.0. The van der Waals surface area contributed by atoms with Crippen LogP contribution in [0, 0.1) is 0 Å². The van der Waals surface area contributed by atoms with Gasteiger partial charge in [-0.2, -0.15) is 0 Å². The summed E-state index contributed by atoms with van der Waals surface area (Å²) in [6.07, 6.45) is 13.7. The summed E-state index contributed by atoms with van der Waals surface area (Å²) in [5.74, 6) is 2.20. The summed E-state index contributed by atoms with van der Waals surface area (Å²) in [6.45, 7) is 0. The second kappa shape index (κ2) is 31.7. The van der Waals surface area contributed by atoms with Crippen molar-refractivity contribution in [3.63, 3.8) is 0 Å². The number of thiophene rings is 3. The fourth-order valence-electron chi connectivity index (χ4n) is 22.9. The molecule has 32 rings (SSSR count). The molecule has 0 saturated heterocycles. The van der Waals surface area contributed by atoms with Gasteiger partial charge in [-0.1, -0.05) is 322 Å². The molecule has 0 radical (unpaired) electrons. The van der Waals surface area contributed by atoms with Crippen molar-refractivity contribution in [2.75, 3.05) is 0 Å². The summed E-state index contributed by atoms with van der Waals surface area (Å²) in [4.78, 5) is 46.4. The van der Waals surface area contributed by atoms with Crippen LogP contribution in [-0.2, 0) is 0 Å². The van der Waals surface area contributed by atoms with Gasteiger partial charge in [0.1, 0.15) is 5.82 Å². The Balaban J connectivity index is 0.0000000998. The highest BCUT2D eigenvalue weighted by Gasteiger charge is 2.31. The third-order valence-electron chi connectivity index (χ3n) is 28.8. The molecule has 13 heterocycles. The van der Waals surface area contributed by atoms with Gasteiger partial charge in [0.15, 0.2) is 0 Å². The fourth-order valence-corrected chi connectivity index (χ4v) is 26.5. The van der Waals surface area contributed by atoms with E-state index in [4.69, 9.17) is 29.9 Å². The van der Waals surface area contributed by atoms with Gasteiger partial charge in [0.2, 0.25) is 11.9 Å². The summed E-state index contributed by atoms with van der Waals surface area (Å²) in [5, 5.41) is 32.9. The maximum absolute atomic E-state index is 5.61. The summed E-state index contributed by atoms with van der Waals surface area (Å²) >= 11 is 5.50. The molecule has 0 fully saturated rings. The van der Waals surface area contributed by atoms with Crippen molar-refractivity contribution >= 4 is 268 Å². The molecular formula is C127H72N12S3. The molecule has 15 heteroatoms. The monoisotopic (exact) mass is 1860 g/mol. The number of para-hydroxylation sites is 3. The number of hydrogen-bond donors (Lipinski definition) is 0. The topological polar surface area (TPSA) is 131 Å². The number of benzene rings is 19. The van der Waals surface area contributed by atoms with Crippen molar-refractivity contribution in [2.24, 2.45) is 0 Å². The molecule has 32 aromatic rings. The number of aromatic nitrogens is 12. The zero-order valence-corrected chi connectivity index (χ0v) is 78.1. The summed E-state index contributed by atoms with van der Waals surface area (Å²) in [7, 11) is 0. The van der Waals surface area contributed by atoms with E-state index in [9.17, 15) is 0 Å². The first-order valence-electron chi connectivity index (χ1n) is 47.6. The van der Waals surface area contributed by atoms with E-state index in [-0.39, 0.29) is 0 Å². The Bertz CT molecular complexity index is 11000. The molecule has 0 bridgehead atoms. The molecule has 142 heavy (non-hydrogen) atoms. The zero-order valence-electron chi connectivity index (χ0n) is 75.7. The van der Waals surface area contributed by atoms with Crippen LogP contribution in [0.5, 0.6) is 0 Å². The van der Waals surface area contributed by atoms with E-state index in [0.717, 1.165) is 143 Å². The Kier molecular flexibility index (Phi) is 17.8. The Labute approximate surface area is 820 Å². The summed E-state index contributed by atoms with van der Waals surface area (Å²) in [6, 6.07) is 140. The summed E-state index contributed by atoms with van der Waals surface area (Å²) in [5.41, 5.74) is 19.0. The Morgan fingerprint density at radius 1 is 0.197 bits per heavy atom. The first kappa shape index (κ1) is 79.9. The van der Waals surface area contributed by atoms with Gasteiger partial charge in [-0.15, -0.1) is 34.0 Å². The van der Waals surface area contributed by atoms with Crippen molar-refractivity contribution in [2.45, 2.75) is 0 Å². The van der Waals surface area contributed by atoms with Gasteiger partial charge in [-0.05, 0) is 133 Å². The number of hydrogen-bond acceptors (Lipinski definition) is 12. The molecule has 658 valence electrons. The van der Waals surface area contributed by atoms with E-state index in [1.807, 2.05) is 77.4 Å². The maximum atomic E-state index is 5.61. The molecular weight excluding hydrogens is 1790 g/mol. The molecule has 0 aliphatic heterocycles. The van der Waals surface area contributed by atoms with E-state index < -0.39 is 0 Å². The van der Waals surface area contributed by atoms with E-state index in [1.54, 1.807) is 0 Å². The molecule has 0 aliphatic rings. The van der Waals surface area contributed by atoms with Crippen molar-refractivity contribution in [3.05, 3.63) is 438 Å². The Morgan fingerprint density at radius 3 is 1.07 bits per heavy atom. The van der Waals surface area contributed by atoms with Crippen LogP contribution in [0.1, 0.15) is 0 Å². The predicted molar refractivity (Wildman–Crippen MR) is 598 cm³/mol. The van der Waals surface area contributed by atoms with Crippen LogP contribution in [-0.4, -0.2) is 58.6 Å². The van der Waals surface area contributed by atoms with Crippen LogP contribution in [0.2, 0.25) is 0 Å². The van der Waals surface area contributed by atoms with Crippen molar-refractivity contribution in [3.8, 4) is 62.5 Å². The third-order valence-corrected chi connectivity index (χ3v) is 32.5. The molecule has 13 aromatic heterocycles. The van der Waals surface area contributed by atoms with Crippen LogP contribution < -0.4 is 0 Å². The van der Waals surface area contributed by atoms with Crippen LogP contribution in [0.4, 0.5) is 0 Å². The van der Waals surface area contributed by atoms with Gasteiger partial charge in [0.05, 0.1) is 66.6 Å². The molecule has 0 unspecified atom stereocenters. The van der Waals surface area contributed by atoms with Gasteiger partial charge < -0.3 is 0 Å². The number of fused-ring (bicyclic) bond motifs is 42. The quantitative estimate of drug-likeness (QED) is 0.143. The fraction of sp³-hybridized carbons (Fsp3) is 0. The van der Waals surface area contributed by atoms with Crippen LogP contribution in [0.15, 0.2) is 438 Å². The molecule has 12 nitrogen and oxygen atoms in total.